The van der Waals surface area contributed by atoms with Gasteiger partial charge in [0, 0.05) is 19.3 Å². The van der Waals surface area contributed by atoms with Gasteiger partial charge in [-0.1, -0.05) is 0 Å². The van der Waals surface area contributed by atoms with Gasteiger partial charge in [-0.3, -0.25) is 0 Å². The van der Waals surface area contributed by atoms with Gasteiger partial charge in [-0.25, -0.2) is 4.79 Å². The average molecular weight is 218 g/mol. The van der Waals surface area contributed by atoms with Crippen molar-refractivity contribution < 1.29 is 9.53 Å². The number of benzene rings is 1. The SMILES string of the molecule is COC(=O)c1ccc(N(C)CCC#N)cc1. The maximum absolute atomic E-state index is 11.2. The zero-order valence-corrected chi connectivity index (χ0v) is 9.43. The maximum Gasteiger partial charge on any atom is 0.337 e. The molecular formula is C12H14N2O2. The van der Waals surface area contributed by atoms with Crippen LogP contribution in [0.25, 0.3) is 0 Å². The van der Waals surface area contributed by atoms with Crippen molar-refractivity contribution in [3.63, 3.8) is 0 Å². The van der Waals surface area contributed by atoms with Crippen molar-refractivity contribution in [2.75, 3.05) is 25.6 Å². The first-order valence-electron chi connectivity index (χ1n) is 4.95. The van der Waals surface area contributed by atoms with Crippen LogP contribution in [0, 0.1) is 11.3 Å². The third kappa shape index (κ3) is 2.99. The number of hydrogen-bond donors (Lipinski definition) is 0. The van der Waals surface area contributed by atoms with Gasteiger partial charge in [0.25, 0.3) is 0 Å². The van der Waals surface area contributed by atoms with E-state index in [0.29, 0.717) is 18.5 Å². The van der Waals surface area contributed by atoms with Crippen LogP contribution < -0.4 is 4.90 Å². The number of rotatable bonds is 4. The lowest BCUT2D eigenvalue weighted by molar-refractivity contribution is 0.0601. The van der Waals surface area contributed by atoms with E-state index < -0.39 is 0 Å². The van der Waals surface area contributed by atoms with E-state index in [4.69, 9.17) is 5.26 Å². The topological polar surface area (TPSA) is 53.3 Å². The summed E-state index contributed by atoms with van der Waals surface area (Å²) in [4.78, 5) is 13.2. The van der Waals surface area contributed by atoms with E-state index in [2.05, 4.69) is 10.8 Å². The number of nitriles is 1. The van der Waals surface area contributed by atoms with Gasteiger partial charge in [0.2, 0.25) is 0 Å². The summed E-state index contributed by atoms with van der Waals surface area (Å²) in [7, 11) is 3.26. The molecule has 0 aliphatic rings. The van der Waals surface area contributed by atoms with Crippen molar-refractivity contribution in [1.82, 2.24) is 0 Å². The van der Waals surface area contributed by atoms with Gasteiger partial charge < -0.3 is 9.64 Å². The van der Waals surface area contributed by atoms with Crippen molar-refractivity contribution in [3.8, 4) is 6.07 Å². The number of anilines is 1. The number of nitrogens with zero attached hydrogens (tertiary/aromatic N) is 2. The highest BCUT2D eigenvalue weighted by Gasteiger charge is 2.05. The predicted molar refractivity (Wildman–Crippen MR) is 61.3 cm³/mol. The molecule has 4 nitrogen and oxygen atoms in total. The number of methoxy groups -OCH3 is 1. The first-order valence-corrected chi connectivity index (χ1v) is 4.95. The lowest BCUT2D eigenvalue weighted by Crippen LogP contribution is -2.18. The molecule has 0 spiro atoms. The Morgan fingerprint density at radius 2 is 2.06 bits per heavy atom. The molecule has 0 aliphatic carbocycles. The molecule has 1 aromatic carbocycles. The summed E-state index contributed by atoms with van der Waals surface area (Å²) in [5.41, 5.74) is 1.50. The minimum absolute atomic E-state index is 0.341. The van der Waals surface area contributed by atoms with Crippen LogP contribution in [-0.2, 0) is 4.74 Å². The van der Waals surface area contributed by atoms with Crippen LogP contribution in [0.2, 0.25) is 0 Å². The summed E-state index contributed by atoms with van der Waals surface area (Å²) in [5, 5.41) is 8.47. The van der Waals surface area contributed by atoms with Crippen LogP contribution in [0.5, 0.6) is 0 Å². The first kappa shape index (κ1) is 12.1. The number of ether oxygens (including phenoxy) is 1. The van der Waals surface area contributed by atoms with Gasteiger partial charge in [-0.2, -0.15) is 5.26 Å². The number of carbonyl (C=O) groups excluding carboxylic acids is 1. The molecule has 0 bridgehead atoms. The fourth-order valence-corrected chi connectivity index (χ4v) is 1.32. The molecule has 0 atom stereocenters. The Bertz CT molecular complexity index is 392. The second-order valence-electron chi connectivity index (χ2n) is 3.37. The van der Waals surface area contributed by atoms with Gasteiger partial charge in [0.15, 0.2) is 0 Å². The Morgan fingerprint density at radius 1 is 1.44 bits per heavy atom. The van der Waals surface area contributed by atoms with Crippen LogP contribution >= 0.6 is 0 Å². The third-order valence-corrected chi connectivity index (χ3v) is 2.29. The van der Waals surface area contributed by atoms with E-state index in [9.17, 15) is 4.79 Å². The summed E-state index contributed by atoms with van der Waals surface area (Å²) < 4.78 is 4.61. The normalized spacial score (nSPS) is 9.31. The Kier molecular flexibility index (Phi) is 4.34. The van der Waals surface area contributed by atoms with Crippen molar-refractivity contribution in [3.05, 3.63) is 29.8 Å². The Hall–Kier alpha value is -2.02. The molecule has 0 saturated heterocycles. The molecule has 84 valence electrons. The molecular weight excluding hydrogens is 204 g/mol. The van der Waals surface area contributed by atoms with Gasteiger partial charge in [0.1, 0.15) is 0 Å². The zero-order valence-electron chi connectivity index (χ0n) is 9.43. The van der Waals surface area contributed by atoms with E-state index in [1.165, 1.54) is 7.11 Å². The molecule has 4 heteroatoms. The molecule has 0 radical (unpaired) electrons. The summed E-state index contributed by atoms with van der Waals surface area (Å²) in [6.45, 7) is 0.675. The summed E-state index contributed by atoms with van der Waals surface area (Å²) in [6.07, 6.45) is 0.481. The number of hydrogen-bond acceptors (Lipinski definition) is 4. The Balaban J connectivity index is 2.71. The highest BCUT2D eigenvalue weighted by molar-refractivity contribution is 5.89. The molecule has 0 N–H and O–H groups in total. The van der Waals surface area contributed by atoms with Crippen LogP contribution in [0.4, 0.5) is 5.69 Å². The molecule has 0 aliphatic heterocycles. The molecule has 0 unspecified atom stereocenters. The average Bonchev–Trinajstić information content (AvgIpc) is 2.35. The standard InChI is InChI=1S/C12H14N2O2/c1-14(9-3-8-13)11-6-4-10(5-7-11)12(15)16-2/h4-7H,3,9H2,1-2H3. The third-order valence-electron chi connectivity index (χ3n) is 2.29. The van der Waals surface area contributed by atoms with Gasteiger partial charge in [0.05, 0.1) is 25.2 Å². The van der Waals surface area contributed by atoms with Crippen LogP contribution in [-0.4, -0.2) is 26.7 Å². The van der Waals surface area contributed by atoms with Crippen molar-refractivity contribution >= 4 is 11.7 Å². The Morgan fingerprint density at radius 3 is 2.56 bits per heavy atom. The van der Waals surface area contributed by atoms with Crippen LogP contribution in [0.1, 0.15) is 16.8 Å². The smallest absolute Gasteiger partial charge is 0.337 e. The fraction of sp³-hybridized carbons (Fsp3) is 0.333. The lowest BCUT2D eigenvalue weighted by Gasteiger charge is -2.17. The molecule has 1 rings (SSSR count). The van der Waals surface area contributed by atoms with Crippen LogP contribution in [0.15, 0.2) is 24.3 Å². The van der Waals surface area contributed by atoms with E-state index in [1.807, 2.05) is 24.1 Å². The van der Waals surface area contributed by atoms with E-state index in [-0.39, 0.29) is 5.97 Å². The molecule has 0 amide bonds. The number of carbonyl (C=O) groups is 1. The fourth-order valence-electron chi connectivity index (χ4n) is 1.32. The summed E-state index contributed by atoms with van der Waals surface area (Å²) >= 11 is 0. The minimum Gasteiger partial charge on any atom is -0.465 e. The maximum atomic E-state index is 11.2. The summed E-state index contributed by atoms with van der Waals surface area (Å²) in [5.74, 6) is -0.341. The second-order valence-corrected chi connectivity index (χ2v) is 3.37. The van der Waals surface area contributed by atoms with Gasteiger partial charge >= 0.3 is 5.97 Å². The van der Waals surface area contributed by atoms with Gasteiger partial charge in [-0.15, -0.1) is 0 Å². The van der Waals surface area contributed by atoms with E-state index >= 15 is 0 Å². The first-order chi connectivity index (χ1) is 7.69. The monoisotopic (exact) mass is 218 g/mol. The minimum atomic E-state index is -0.341. The highest BCUT2D eigenvalue weighted by Crippen LogP contribution is 2.14. The lowest BCUT2D eigenvalue weighted by atomic mass is 10.2. The highest BCUT2D eigenvalue weighted by atomic mass is 16.5. The van der Waals surface area contributed by atoms with Crippen molar-refractivity contribution in [2.45, 2.75) is 6.42 Å². The largest absolute Gasteiger partial charge is 0.465 e. The molecule has 0 saturated carbocycles. The quantitative estimate of drug-likeness (QED) is 0.723. The van der Waals surface area contributed by atoms with E-state index in [0.717, 1.165) is 5.69 Å². The molecule has 0 aromatic heterocycles. The number of esters is 1. The van der Waals surface area contributed by atoms with Gasteiger partial charge in [-0.05, 0) is 24.3 Å². The van der Waals surface area contributed by atoms with E-state index in [1.54, 1.807) is 12.1 Å². The van der Waals surface area contributed by atoms with Crippen molar-refractivity contribution in [1.29, 1.82) is 5.26 Å². The predicted octanol–water partition coefficient (Wildman–Crippen LogP) is 1.82. The molecule has 0 fully saturated rings. The molecule has 16 heavy (non-hydrogen) atoms. The second kappa shape index (κ2) is 5.76. The zero-order chi connectivity index (χ0) is 12.0. The molecule has 1 aromatic rings. The summed E-state index contributed by atoms with van der Waals surface area (Å²) in [6, 6.07) is 9.19. The molecule has 0 heterocycles. The van der Waals surface area contributed by atoms with Crippen molar-refractivity contribution in [2.24, 2.45) is 0 Å². The Labute approximate surface area is 95.0 Å². The van der Waals surface area contributed by atoms with Crippen LogP contribution in [0.3, 0.4) is 0 Å².